The van der Waals surface area contributed by atoms with Gasteiger partial charge in [0, 0.05) is 21.2 Å². The highest BCUT2D eigenvalue weighted by Crippen LogP contribution is 2.21. The topological polar surface area (TPSA) is 71.9 Å². The van der Waals surface area contributed by atoms with Crippen molar-refractivity contribution >= 4 is 29.0 Å². The van der Waals surface area contributed by atoms with Gasteiger partial charge >= 0.3 is 5.69 Å². The molecule has 3 rings (SSSR count). The van der Waals surface area contributed by atoms with Crippen molar-refractivity contribution in [3.8, 4) is 0 Å². The fourth-order valence-electron chi connectivity index (χ4n) is 3.48. The summed E-state index contributed by atoms with van der Waals surface area (Å²) in [6.45, 7) is 5.61. The fourth-order valence-corrected chi connectivity index (χ4v) is 4.05. The van der Waals surface area contributed by atoms with E-state index in [0.717, 1.165) is 11.1 Å². The van der Waals surface area contributed by atoms with Crippen molar-refractivity contribution in [1.82, 2.24) is 9.55 Å². The fraction of sp³-hybridized carbons (Fsp3) is 0.227. The summed E-state index contributed by atoms with van der Waals surface area (Å²) in [7, 11) is 0. The zero-order valence-corrected chi connectivity index (χ0v) is 17.8. The third-order valence-electron chi connectivity index (χ3n) is 4.61. The van der Waals surface area contributed by atoms with Gasteiger partial charge in [0.15, 0.2) is 0 Å². The predicted molar refractivity (Wildman–Crippen MR) is 116 cm³/mol. The van der Waals surface area contributed by atoms with Crippen LogP contribution in [0.3, 0.4) is 0 Å². The van der Waals surface area contributed by atoms with Crippen LogP contribution < -0.4 is 11.2 Å². The maximum atomic E-state index is 13.4. The van der Waals surface area contributed by atoms with Crippen molar-refractivity contribution in [3.05, 3.63) is 101 Å². The van der Waals surface area contributed by atoms with Gasteiger partial charge in [-0.05, 0) is 56.2 Å². The number of aromatic nitrogens is 2. The van der Waals surface area contributed by atoms with Crippen molar-refractivity contribution in [1.29, 1.82) is 0 Å². The lowest BCUT2D eigenvalue weighted by molar-refractivity contribution is 0.102. The molecule has 0 aliphatic heterocycles. The van der Waals surface area contributed by atoms with E-state index in [-0.39, 0.29) is 23.6 Å². The van der Waals surface area contributed by atoms with Crippen LogP contribution in [-0.2, 0) is 13.0 Å². The molecule has 1 aromatic heterocycles. The van der Waals surface area contributed by atoms with Crippen LogP contribution in [0, 0.1) is 13.8 Å². The molecule has 0 saturated carbocycles. The average molecular weight is 431 g/mol. The van der Waals surface area contributed by atoms with Crippen molar-refractivity contribution < 1.29 is 4.79 Å². The van der Waals surface area contributed by atoms with E-state index in [1.54, 1.807) is 37.3 Å². The zero-order valence-electron chi connectivity index (χ0n) is 16.3. The monoisotopic (exact) mass is 430 g/mol. The second-order valence-corrected chi connectivity index (χ2v) is 7.88. The Hall–Kier alpha value is -2.63. The third-order valence-corrected chi connectivity index (χ3v) is 5.05. The van der Waals surface area contributed by atoms with Crippen molar-refractivity contribution in [3.63, 3.8) is 0 Å². The second-order valence-electron chi connectivity index (χ2n) is 7.01. The number of aromatic amines is 1. The van der Waals surface area contributed by atoms with Crippen LogP contribution >= 0.6 is 23.2 Å². The maximum absolute atomic E-state index is 13.4. The van der Waals surface area contributed by atoms with Crippen LogP contribution in [0.4, 0.5) is 0 Å². The van der Waals surface area contributed by atoms with Gasteiger partial charge in [-0.2, -0.15) is 0 Å². The van der Waals surface area contributed by atoms with Crippen molar-refractivity contribution in [2.24, 2.45) is 0 Å². The molecule has 150 valence electrons. The number of carbonyl (C=O) groups excluding carboxylic acids is 1. The molecule has 0 spiro atoms. The standard InChI is InChI=1S/C22H20Cl2N2O3/c1-4-18-19(20(27)15-6-12(2)5-13(3)7-15)26(22(29)25-21(18)28)11-14-8-16(23)10-17(24)9-14/h5-10H,4,11H2,1-3H3,(H,25,28,29). The van der Waals surface area contributed by atoms with Crippen LogP contribution in [0.5, 0.6) is 0 Å². The van der Waals surface area contributed by atoms with Crippen LogP contribution in [0.1, 0.15) is 45.2 Å². The number of aryl methyl sites for hydroxylation is 2. The van der Waals surface area contributed by atoms with Crippen LogP contribution in [0.2, 0.25) is 10.0 Å². The summed E-state index contributed by atoms with van der Waals surface area (Å²) >= 11 is 12.2. The highest BCUT2D eigenvalue weighted by atomic mass is 35.5. The number of benzene rings is 2. The largest absolute Gasteiger partial charge is 0.329 e. The first kappa shape index (κ1) is 21.1. The smallest absolute Gasteiger partial charge is 0.287 e. The normalized spacial score (nSPS) is 10.9. The summed E-state index contributed by atoms with van der Waals surface area (Å²) in [5.41, 5.74) is 2.07. The van der Waals surface area contributed by atoms with E-state index < -0.39 is 11.2 Å². The molecule has 2 aromatic carbocycles. The Morgan fingerprint density at radius 3 is 2.10 bits per heavy atom. The van der Waals surface area contributed by atoms with Gasteiger partial charge in [-0.25, -0.2) is 4.79 Å². The lowest BCUT2D eigenvalue weighted by Gasteiger charge is -2.16. The predicted octanol–water partition coefficient (Wildman–Crippen LogP) is 4.30. The molecule has 7 heteroatoms. The van der Waals surface area contributed by atoms with Gasteiger partial charge in [-0.15, -0.1) is 0 Å². The minimum absolute atomic E-state index is 0.0504. The van der Waals surface area contributed by atoms with E-state index in [1.807, 2.05) is 19.9 Å². The maximum Gasteiger partial charge on any atom is 0.329 e. The molecule has 1 N–H and O–H groups in total. The van der Waals surface area contributed by atoms with Crippen LogP contribution in [0.25, 0.3) is 0 Å². The molecular weight excluding hydrogens is 411 g/mol. The number of ketones is 1. The van der Waals surface area contributed by atoms with Crippen LogP contribution in [0.15, 0.2) is 46.0 Å². The highest BCUT2D eigenvalue weighted by molar-refractivity contribution is 6.34. The van der Waals surface area contributed by atoms with E-state index in [2.05, 4.69) is 4.98 Å². The Kier molecular flexibility index (Phi) is 6.10. The molecule has 0 atom stereocenters. The van der Waals surface area contributed by atoms with Gasteiger partial charge < -0.3 is 0 Å². The number of nitrogens with one attached hydrogen (secondary N) is 1. The molecule has 0 radical (unpaired) electrons. The molecule has 5 nitrogen and oxygen atoms in total. The van der Waals surface area contributed by atoms with Gasteiger partial charge in [0.25, 0.3) is 5.56 Å². The Balaban J connectivity index is 2.25. The van der Waals surface area contributed by atoms with Gasteiger partial charge in [-0.1, -0.05) is 47.3 Å². The summed E-state index contributed by atoms with van der Waals surface area (Å²) in [4.78, 5) is 40.8. The van der Waals surface area contributed by atoms with Gasteiger partial charge in [-0.3, -0.25) is 19.1 Å². The average Bonchev–Trinajstić information content (AvgIpc) is 2.61. The van der Waals surface area contributed by atoms with Crippen molar-refractivity contribution in [2.75, 3.05) is 0 Å². The first-order valence-corrected chi connectivity index (χ1v) is 9.89. The summed E-state index contributed by atoms with van der Waals surface area (Å²) in [5, 5.41) is 0.839. The van der Waals surface area contributed by atoms with E-state index in [1.165, 1.54) is 4.57 Å². The number of carbonyl (C=O) groups is 1. The first-order chi connectivity index (χ1) is 13.7. The van der Waals surface area contributed by atoms with E-state index >= 15 is 0 Å². The molecule has 29 heavy (non-hydrogen) atoms. The molecule has 0 aliphatic carbocycles. The molecule has 0 saturated heterocycles. The second kappa shape index (κ2) is 8.39. The lowest BCUT2D eigenvalue weighted by Crippen LogP contribution is -2.37. The SMILES string of the molecule is CCc1c(C(=O)c2cc(C)cc(C)c2)n(Cc2cc(Cl)cc(Cl)c2)c(=O)[nH]c1=O. The molecule has 0 bridgehead atoms. The van der Waals surface area contributed by atoms with Crippen LogP contribution in [-0.4, -0.2) is 15.3 Å². The first-order valence-electron chi connectivity index (χ1n) is 9.13. The molecule has 0 unspecified atom stereocenters. The van der Waals surface area contributed by atoms with Gasteiger partial charge in [0.05, 0.1) is 6.54 Å². The Labute approximate surface area is 177 Å². The van der Waals surface area contributed by atoms with E-state index in [0.29, 0.717) is 27.6 Å². The summed E-state index contributed by atoms with van der Waals surface area (Å²) in [6.07, 6.45) is 0.303. The molecule has 0 aliphatic rings. The van der Waals surface area contributed by atoms with Gasteiger partial charge in [0.2, 0.25) is 5.78 Å². The van der Waals surface area contributed by atoms with Gasteiger partial charge in [0.1, 0.15) is 5.69 Å². The summed E-state index contributed by atoms with van der Waals surface area (Å²) < 4.78 is 1.28. The van der Waals surface area contributed by atoms with E-state index in [4.69, 9.17) is 23.2 Å². The summed E-state index contributed by atoms with van der Waals surface area (Å²) in [6, 6.07) is 10.4. The molecule has 1 heterocycles. The number of nitrogens with zero attached hydrogens (tertiary/aromatic N) is 1. The number of rotatable bonds is 5. The number of hydrogen-bond acceptors (Lipinski definition) is 3. The van der Waals surface area contributed by atoms with Crippen molar-refractivity contribution in [2.45, 2.75) is 33.7 Å². The molecule has 0 amide bonds. The third kappa shape index (κ3) is 4.52. The Bertz CT molecular complexity index is 1190. The van der Waals surface area contributed by atoms with E-state index in [9.17, 15) is 14.4 Å². The highest BCUT2D eigenvalue weighted by Gasteiger charge is 2.22. The number of hydrogen-bond donors (Lipinski definition) is 1. The molecular formula is C22H20Cl2N2O3. The minimum Gasteiger partial charge on any atom is -0.287 e. The lowest BCUT2D eigenvalue weighted by atomic mass is 9.99. The summed E-state index contributed by atoms with van der Waals surface area (Å²) in [5.74, 6) is -0.370. The minimum atomic E-state index is -0.656. The number of halogens is 2. The molecule has 0 fully saturated rings. The number of H-pyrrole nitrogens is 1. The Morgan fingerprint density at radius 1 is 0.966 bits per heavy atom. The molecule has 3 aromatic rings. The quantitative estimate of drug-likeness (QED) is 0.613. The zero-order chi connectivity index (χ0) is 21.3. The Morgan fingerprint density at radius 2 is 1.55 bits per heavy atom.